The third-order valence-electron chi connectivity index (χ3n) is 4.62. The van der Waals surface area contributed by atoms with Crippen molar-refractivity contribution >= 4 is 0 Å². The van der Waals surface area contributed by atoms with Gasteiger partial charge in [0.25, 0.3) is 0 Å². The van der Waals surface area contributed by atoms with Gasteiger partial charge >= 0.3 is 0 Å². The smallest absolute Gasteiger partial charge is 0.0218 e. The summed E-state index contributed by atoms with van der Waals surface area (Å²) in [5.74, 6) is 2.54. The van der Waals surface area contributed by atoms with Gasteiger partial charge in [0.1, 0.15) is 0 Å². The first-order chi connectivity index (χ1) is 8.21. The van der Waals surface area contributed by atoms with E-state index >= 15 is 0 Å². The Kier molecular flexibility index (Phi) is 7.14. The molecule has 102 valence electrons. The lowest BCUT2D eigenvalue weighted by molar-refractivity contribution is 0.218. The van der Waals surface area contributed by atoms with E-state index in [1.54, 1.807) is 0 Å². The monoisotopic (exact) mass is 240 g/mol. The van der Waals surface area contributed by atoms with Gasteiger partial charge < -0.3 is 11.1 Å². The van der Waals surface area contributed by atoms with Crippen molar-refractivity contribution in [1.82, 2.24) is 5.32 Å². The average molecular weight is 240 g/mol. The van der Waals surface area contributed by atoms with Crippen molar-refractivity contribution in [2.75, 3.05) is 13.1 Å². The molecule has 0 spiro atoms. The number of hydrogen-bond donors (Lipinski definition) is 2. The summed E-state index contributed by atoms with van der Waals surface area (Å²) in [6.07, 6.45) is 8.12. The van der Waals surface area contributed by atoms with E-state index in [9.17, 15) is 0 Å². The van der Waals surface area contributed by atoms with Crippen LogP contribution in [-0.2, 0) is 0 Å². The minimum Gasteiger partial charge on any atom is -0.329 e. The highest BCUT2D eigenvalue weighted by molar-refractivity contribution is 4.82. The van der Waals surface area contributed by atoms with Crippen molar-refractivity contribution in [3.63, 3.8) is 0 Å². The largest absolute Gasteiger partial charge is 0.329 e. The predicted molar refractivity (Wildman–Crippen MR) is 76.0 cm³/mol. The molecule has 3 unspecified atom stereocenters. The molecule has 2 nitrogen and oxygen atoms in total. The maximum Gasteiger partial charge on any atom is 0.0218 e. The lowest BCUT2D eigenvalue weighted by Gasteiger charge is -2.34. The molecule has 1 rings (SSSR count). The molecule has 2 heteroatoms. The van der Waals surface area contributed by atoms with Crippen molar-refractivity contribution in [2.45, 2.75) is 65.3 Å². The zero-order chi connectivity index (χ0) is 12.7. The van der Waals surface area contributed by atoms with Crippen LogP contribution >= 0.6 is 0 Å². The minimum absolute atomic E-state index is 0.554. The van der Waals surface area contributed by atoms with Gasteiger partial charge in [-0.1, -0.05) is 46.5 Å². The van der Waals surface area contributed by atoms with Crippen LogP contribution in [0.3, 0.4) is 0 Å². The fourth-order valence-electron chi connectivity index (χ4n) is 3.18. The second kappa shape index (κ2) is 8.10. The van der Waals surface area contributed by atoms with Crippen LogP contribution in [0.4, 0.5) is 0 Å². The SMILES string of the molecule is CCC(CC)CNC(CN)C1CCCC(C)C1. The average Bonchev–Trinajstić information content (AvgIpc) is 2.35. The molecular formula is C15H32N2. The van der Waals surface area contributed by atoms with Gasteiger partial charge in [-0.3, -0.25) is 0 Å². The van der Waals surface area contributed by atoms with E-state index in [1.807, 2.05) is 0 Å². The Morgan fingerprint density at radius 1 is 1.24 bits per heavy atom. The molecule has 0 radical (unpaired) electrons. The third kappa shape index (κ3) is 4.97. The molecule has 0 aliphatic heterocycles. The first-order valence-electron chi connectivity index (χ1n) is 7.64. The molecule has 1 saturated carbocycles. The Morgan fingerprint density at radius 2 is 1.94 bits per heavy atom. The van der Waals surface area contributed by atoms with Crippen LogP contribution in [0, 0.1) is 17.8 Å². The molecule has 1 aliphatic carbocycles. The van der Waals surface area contributed by atoms with E-state index in [0.717, 1.165) is 30.8 Å². The highest BCUT2D eigenvalue weighted by atomic mass is 14.9. The highest BCUT2D eigenvalue weighted by Crippen LogP contribution is 2.30. The quantitative estimate of drug-likeness (QED) is 0.717. The first kappa shape index (κ1) is 15.0. The fraction of sp³-hybridized carbons (Fsp3) is 1.00. The summed E-state index contributed by atoms with van der Waals surface area (Å²) in [6.45, 7) is 8.92. The minimum atomic E-state index is 0.554. The second-order valence-electron chi connectivity index (χ2n) is 5.96. The molecule has 0 aromatic rings. The predicted octanol–water partition coefficient (Wildman–Crippen LogP) is 3.17. The van der Waals surface area contributed by atoms with E-state index in [0.29, 0.717) is 6.04 Å². The van der Waals surface area contributed by atoms with E-state index in [4.69, 9.17) is 5.73 Å². The molecule has 1 aliphatic rings. The van der Waals surface area contributed by atoms with Gasteiger partial charge in [0, 0.05) is 12.6 Å². The van der Waals surface area contributed by atoms with Gasteiger partial charge in [-0.2, -0.15) is 0 Å². The van der Waals surface area contributed by atoms with Gasteiger partial charge in [0.15, 0.2) is 0 Å². The summed E-state index contributed by atoms with van der Waals surface area (Å²) in [5.41, 5.74) is 5.96. The molecular weight excluding hydrogens is 208 g/mol. The van der Waals surface area contributed by atoms with Gasteiger partial charge in [0.2, 0.25) is 0 Å². The summed E-state index contributed by atoms with van der Waals surface area (Å²) in [4.78, 5) is 0. The summed E-state index contributed by atoms with van der Waals surface area (Å²) >= 11 is 0. The van der Waals surface area contributed by atoms with E-state index in [2.05, 4.69) is 26.1 Å². The van der Waals surface area contributed by atoms with Crippen molar-refractivity contribution in [2.24, 2.45) is 23.5 Å². The van der Waals surface area contributed by atoms with Crippen LogP contribution in [0.5, 0.6) is 0 Å². The Morgan fingerprint density at radius 3 is 2.47 bits per heavy atom. The van der Waals surface area contributed by atoms with E-state index in [-0.39, 0.29) is 0 Å². The van der Waals surface area contributed by atoms with E-state index < -0.39 is 0 Å². The standard InChI is InChI=1S/C15H32N2/c1-4-13(5-2)11-17-15(10-16)14-8-6-7-12(3)9-14/h12-15,17H,4-11,16H2,1-3H3. The van der Waals surface area contributed by atoms with Crippen molar-refractivity contribution in [3.8, 4) is 0 Å². The lowest BCUT2D eigenvalue weighted by atomic mass is 9.78. The molecule has 0 bridgehead atoms. The normalized spacial score (nSPS) is 27.4. The topological polar surface area (TPSA) is 38.0 Å². The van der Waals surface area contributed by atoms with Crippen molar-refractivity contribution < 1.29 is 0 Å². The molecule has 3 N–H and O–H groups in total. The summed E-state index contributed by atoms with van der Waals surface area (Å²) in [7, 11) is 0. The fourth-order valence-corrected chi connectivity index (χ4v) is 3.18. The molecule has 0 amide bonds. The summed E-state index contributed by atoms with van der Waals surface area (Å²) < 4.78 is 0. The first-order valence-corrected chi connectivity index (χ1v) is 7.64. The zero-order valence-electron chi connectivity index (χ0n) is 12.0. The van der Waals surface area contributed by atoms with Crippen LogP contribution in [-0.4, -0.2) is 19.1 Å². The molecule has 0 aromatic heterocycles. The molecule has 17 heavy (non-hydrogen) atoms. The summed E-state index contributed by atoms with van der Waals surface area (Å²) in [6, 6.07) is 0.554. The molecule has 0 aromatic carbocycles. The second-order valence-corrected chi connectivity index (χ2v) is 5.96. The Labute approximate surface area is 108 Å². The van der Waals surface area contributed by atoms with Gasteiger partial charge in [0.05, 0.1) is 0 Å². The Hall–Kier alpha value is -0.0800. The highest BCUT2D eigenvalue weighted by Gasteiger charge is 2.25. The van der Waals surface area contributed by atoms with Crippen LogP contribution in [0.15, 0.2) is 0 Å². The maximum atomic E-state index is 5.96. The van der Waals surface area contributed by atoms with Crippen LogP contribution in [0.1, 0.15) is 59.3 Å². The number of nitrogens with two attached hydrogens (primary N) is 1. The van der Waals surface area contributed by atoms with Gasteiger partial charge in [-0.25, -0.2) is 0 Å². The van der Waals surface area contributed by atoms with E-state index in [1.165, 1.54) is 38.5 Å². The van der Waals surface area contributed by atoms with Crippen LogP contribution in [0.2, 0.25) is 0 Å². The molecule has 3 atom stereocenters. The van der Waals surface area contributed by atoms with Crippen LogP contribution in [0.25, 0.3) is 0 Å². The number of hydrogen-bond acceptors (Lipinski definition) is 2. The Balaban J connectivity index is 2.36. The van der Waals surface area contributed by atoms with Gasteiger partial charge in [-0.15, -0.1) is 0 Å². The maximum absolute atomic E-state index is 5.96. The molecule has 0 heterocycles. The zero-order valence-corrected chi connectivity index (χ0v) is 12.0. The summed E-state index contributed by atoms with van der Waals surface area (Å²) in [5, 5.41) is 3.74. The van der Waals surface area contributed by atoms with Crippen molar-refractivity contribution in [1.29, 1.82) is 0 Å². The third-order valence-corrected chi connectivity index (χ3v) is 4.62. The molecule has 1 fully saturated rings. The Bertz CT molecular complexity index is 189. The van der Waals surface area contributed by atoms with Crippen molar-refractivity contribution in [3.05, 3.63) is 0 Å². The number of nitrogens with one attached hydrogen (secondary N) is 1. The number of rotatable bonds is 7. The van der Waals surface area contributed by atoms with Crippen LogP contribution < -0.4 is 11.1 Å². The van der Waals surface area contributed by atoms with Gasteiger partial charge in [-0.05, 0) is 37.1 Å². The lowest BCUT2D eigenvalue weighted by Crippen LogP contribution is -2.45. The molecule has 0 saturated heterocycles.